The van der Waals surface area contributed by atoms with Gasteiger partial charge < -0.3 is 9.72 Å². The highest BCUT2D eigenvalue weighted by molar-refractivity contribution is 7.83. The van der Waals surface area contributed by atoms with Gasteiger partial charge in [0, 0.05) is 40.2 Å². The van der Waals surface area contributed by atoms with E-state index in [0.717, 1.165) is 33.6 Å². The number of rotatable bonds is 6. The molecule has 0 bridgehead atoms. The number of nitrogens with one attached hydrogen (secondary N) is 2. The summed E-state index contributed by atoms with van der Waals surface area (Å²) in [4.78, 5) is 21.4. The number of H-pyrrole nitrogens is 1. The van der Waals surface area contributed by atoms with E-state index in [-0.39, 0.29) is 11.1 Å². The number of benzene rings is 2. The van der Waals surface area contributed by atoms with E-state index in [1.165, 1.54) is 0 Å². The second-order valence-corrected chi connectivity index (χ2v) is 10.1. The predicted octanol–water partition coefficient (Wildman–Crippen LogP) is 4.91. The van der Waals surface area contributed by atoms with E-state index in [2.05, 4.69) is 41.5 Å². The summed E-state index contributed by atoms with van der Waals surface area (Å²) < 4.78 is 20.4. The Morgan fingerprint density at radius 1 is 1.06 bits per heavy atom. The van der Waals surface area contributed by atoms with E-state index in [4.69, 9.17) is 4.74 Å². The van der Waals surface area contributed by atoms with Gasteiger partial charge in [-0.1, -0.05) is 45.0 Å². The summed E-state index contributed by atoms with van der Waals surface area (Å²) in [6.45, 7) is 6.48. The minimum atomic E-state index is -1.65. The first-order valence-electron chi connectivity index (χ1n) is 10.7. The van der Waals surface area contributed by atoms with Crippen LogP contribution in [0.4, 0.5) is 0 Å². The molecule has 0 radical (unpaired) electrons. The summed E-state index contributed by atoms with van der Waals surface area (Å²) in [5.74, 6) is 0.317. The Labute approximate surface area is 196 Å². The number of aromatic amines is 1. The third-order valence-electron chi connectivity index (χ3n) is 5.40. The lowest BCUT2D eigenvalue weighted by molar-refractivity contribution is 0.0978. The fourth-order valence-electron chi connectivity index (χ4n) is 3.81. The number of fused-ring (bicyclic) bond motifs is 1. The lowest BCUT2D eigenvalue weighted by atomic mass is 9.87. The number of hydrogen-bond donors (Lipinski definition) is 2. The Bertz CT molecular complexity index is 1320. The smallest absolute Gasteiger partial charge is 0.281 e. The minimum absolute atomic E-state index is 0.108. The number of amides is 1. The molecule has 0 aliphatic carbocycles. The molecule has 33 heavy (non-hydrogen) atoms. The molecule has 7 heteroatoms. The van der Waals surface area contributed by atoms with Crippen LogP contribution in [-0.4, -0.2) is 27.2 Å². The van der Waals surface area contributed by atoms with Gasteiger partial charge in [-0.15, -0.1) is 0 Å². The Balaban J connectivity index is 1.63. The largest absolute Gasteiger partial charge is 0.497 e. The Kier molecular flexibility index (Phi) is 6.33. The van der Waals surface area contributed by atoms with Crippen molar-refractivity contribution in [2.75, 3.05) is 7.11 Å². The van der Waals surface area contributed by atoms with Crippen LogP contribution >= 0.6 is 0 Å². The van der Waals surface area contributed by atoms with Gasteiger partial charge in [0.25, 0.3) is 5.91 Å². The third kappa shape index (κ3) is 4.98. The molecule has 0 aliphatic heterocycles. The molecule has 2 aromatic carbocycles. The van der Waals surface area contributed by atoms with Crippen molar-refractivity contribution in [1.82, 2.24) is 14.7 Å². The maximum atomic E-state index is 12.7. The highest BCUT2D eigenvalue weighted by atomic mass is 32.2. The van der Waals surface area contributed by atoms with Gasteiger partial charge in [0.2, 0.25) is 0 Å². The topological polar surface area (TPSA) is 84.1 Å². The molecule has 0 spiro atoms. The summed E-state index contributed by atoms with van der Waals surface area (Å²) in [6.07, 6.45) is 0.557. The van der Waals surface area contributed by atoms with Gasteiger partial charge in [-0.2, -0.15) is 0 Å². The molecule has 0 saturated heterocycles. The molecule has 1 unspecified atom stereocenters. The van der Waals surface area contributed by atoms with Crippen molar-refractivity contribution < 1.29 is 13.7 Å². The van der Waals surface area contributed by atoms with Crippen LogP contribution in [0.3, 0.4) is 0 Å². The number of carbonyl (C=O) groups excluding carboxylic acids is 1. The monoisotopic (exact) mass is 461 g/mol. The van der Waals surface area contributed by atoms with Crippen molar-refractivity contribution in [3.63, 3.8) is 0 Å². The van der Waals surface area contributed by atoms with E-state index in [1.807, 2.05) is 24.3 Å². The van der Waals surface area contributed by atoms with Crippen LogP contribution in [0, 0.1) is 0 Å². The van der Waals surface area contributed by atoms with E-state index in [0.29, 0.717) is 11.3 Å². The quantitative estimate of drug-likeness (QED) is 0.427. The van der Waals surface area contributed by atoms with Crippen molar-refractivity contribution in [1.29, 1.82) is 0 Å². The number of ether oxygens (including phenoxy) is 1. The summed E-state index contributed by atoms with van der Waals surface area (Å²) in [7, 11) is 0.00794. The Hall–Kier alpha value is -3.45. The number of hydrogen-bond acceptors (Lipinski definition) is 4. The molecular formula is C26H27N3O3S. The minimum Gasteiger partial charge on any atom is -0.497 e. The van der Waals surface area contributed by atoms with Crippen molar-refractivity contribution in [3.8, 4) is 5.75 Å². The molecule has 0 aliphatic rings. The average Bonchev–Trinajstić information content (AvgIpc) is 3.17. The number of carbonyl (C=O) groups is 1. The van der Waals surface area contributed by atoms with Gasteiger partial charge in [-0.25, -0.2) is 9.19 Å². The highest BCUT2D eigenvalue weighted by Gasteiger charge is 2.23. The highest BCUT2D eigenvalue weighted by Crippen LogP contribution is 2.34. The number of aromatic nitrogens is 2. The first kappa shape index (κ1) is 22.7. The van der Waals surface area contributed by atoms with Gasteiger partial charge in [-0.05, 0) is 42.0 Å². The molecule has 0 saturated carbocycles. The first-order valence-corrected chi connectivity index (χ1v) is 11.8. The average molecular weight is 462 g/mol. The third-order valence-corrected chi connectivity index (χ3v) is 6.47. The zero-order valence-electron chi connectivity index (χ0n) is 19.1. The lowest BCUT2D eigenvalue weighted by Crippen LogP contribution is -2.26. The van der Waals surface area contributed by atoms with E-state index in [1.54, 1.807) is 43.5 Å². The van der Waals surface area contributed by atoms with Crippen LogP contribution in [0.25, 0.3) is 10.9 Å². The number of pyridine rings is 1. The molecule has 6 nitrogen and oxygen atoms in total. The van der Waals surface area contributed by atoms with Crippen molar-refractivity contribution >= 4 is 27.8 Å². The van der Waals surface area contributed by atoms with Gasteiger partial charge in [-0.3, -0.25) is 9.52 Å². The SMILES string of the molecule is COc1ccc2c(Cc3cccc(C(=O)NS(=O)c4ccccc4)n3)c(C(C)(C)C)[nH]c2c1. The van der Waals surface area contributed by atoms with Gasteiger partial charge in [0.1, 0.15) is 11.4 Å². The molecule has 2 heterocycles. The van der Waals surface area contributed by atoms with Crippen LogP contribution in [0.1, 0.15) is 48.2 Å². The summed E-state index contributed by atoms with van der Waals surface area (Å²) in [6, 6.07) is 20.1. The number of methoxy groups -OCH3 is 1. The van der Waals surface area contributed by atoms with Gasteiger partial charge in [0.05, 0.1) is 12.0 Å². The van der Waals surface area contributed by atoms with Crippen LogP contribution in [0.5, 0.6) is 5.75 Å². The zero-order chi connectivity index (χ0) is 23.6. The normalized spacial score (nSPS) is 12.5. The molecule has 0 fully saturated rings. The van der Waals surface area contributed by atoms with Crippen LogP contribution in [0.15, 0.2) is 71.6 Å². The predicted molar refractivity (Wildman–Crippen MR) is 131 cm³/mol. The first-order chi connectivity index (χ1) is 15.8. The Morgan fingerprint density at radius 2 is 1.82 bits per heavy atom. The maximum absolute atomic E-state index is 12.7. The molecular weight excluding hydrogens is 434 g/mol. The lowest BCUT2D eigenvalue weighted by Gasteiger charge is -2.19. The molecule has 2 aromatic heterocycles. The molecule has 170 valence electrons. The fourth-order valence-corrected chi connectivity index (χ4v) is 4.61. The van der Waals surface area contributed by atoms with Gasteiger partial charge >= 0.3 is 0 Å². The molecule has 1 atom stereocenters. The van der Waals surface area contributed by atoms with E-state index >= 15 is 0 Å². The summed E-state index contributed by atoms with van der Waals surface area (Å²) >= 11 is 0. The van der Waals surface area contributed by atoms with E-state index < -0.39 is 16.9 Å². The summed E-state index contributed by atoms with van der Waals surface area (Å²) in [5, 5.41) is 1.10. The van der Waals surface area contributed by atoms with Crippen LogP contribution in [0.2, 0.25) is 0 Å². The molecule has 1 amide bonds. The van der Waals surface area contributed by atoms with Crippen molar-refractivity contribution in [3.05, 3.63) is 89.4 Å². The molecule has 2 N–H and O–H groups in total. The van der Waals surface area contributed by atoms with E-state index in [9.17, 15) is 9.00 Å². The van der Waals surface area contributed by atoms with Crippen LogP contribution < -0.4 is 9.46 Å². The summed E-state index contributed by atoms with van der Waals surface area (Å²) in [5.41, 5.74) is 4.14. The Morgan fingerprint density at radius 3 is 2.52 bits per heavy atom. The van der Waals surface area contributed by atoms with Crippen molar-refractivity contribution in [2.24, 2.45) is 0 Å². The molecule has 4 rings (SSSR count). The van der Waals surface area contributed by atoms with Crippen molar-refractivity contribution in [2.45, 2.75) is 37.5 Å². The second-order valence-electron chi connectivity index (χ2n) is 8.84. The van der Waals surface area contributed by atoms with Crippen LogP contribution in [-0.2, 0) is 22.8 Å². The standard InChI is InChI=1S/C26H27N3O3S/c1-26(2,3)24-21(20-14-13-18(32-4)16-23(20)28-24)15-17-9-8-12-22(27-17)25(30)29-33(31)19-10-6-5-7-11-19/h5-14,16,28H,15H2,1-4H3,(H,29,30). The maximum Gasteiger partial charge on any atom is 0.281 e. The second kappa shape index (κ2) is 9.19. The number of nitrogens with zero attached hydrogens (tertiary/aromatic N) is 1. The fraction of sp³-hybridized carbons (Fsp3) is 0.231. The zero-order valence-corrected chi connectivity index (χ0v) is 20.0. The molecule has 4 aromatic rings. The van der Waals surface area contributed by atoms with Gasteiger partial charge in [0.15, 0.2) is 11.0 Å².